The molecule has 8 fully saturated rings. The van der Waals surface area contributed by atoms with E-state index in [1.165, 1.54) is 19.3 Å². The zero-order valence-electron chi connectivity index (χ0n) is 50.3. The van der Waals surface area contributed by atoms with Crippen molar-refractivity contribution in [1.29, 1.82) is 0 Å². The second kappa shape index (κ2) is 21.3. The van der Waals surface area contributed by atoms with E-state index in [4.69, 9.17) is 0 Å². The third-order valence-corrected chi connectivity index (χ3v) is 19.3. The first-order valence-electron chi connectivity index (χ1n) is 29.0. The molecule has 0 spiro atoms. The number of carbonyl (C=O) groups excluding carboxylic acids is 4. The second-order valence-corrected chi connectivity index (χ2v) is 28.5. The van der Waals surface area contributed by atoms with Gasteiger partial charge in [0.25, 0.3) is 17.7 Å². The number of hydrazine groups is 6. The highest BCUT2D eigenvalue weighted by Gasteiger charge is 2.57. The minimum Gasteiger partial charge on any atom is -0.353 e. The van der Waals surface area contributed by atoms with Crippen molar-refractivity contribution in [1.82, 2.24) is 70.7 Å². The molecule has 3 saturated carbocycles. The lowest BCUT2D eigenvalue weighted by Gasteiger charge is -2.64. The van der Waals surface area contributed by atoms with Gasteiger partial charge in [0.1, 0.15) is 0 Å². The summed E-state index contributed by atoms with van der Waals surface area (Å²) in [5.74, 6) is 0.420. The molecule has 5 aliphatic heterocycles. The Kier molecular flexibility index (Phi) is 17.0. The van der Waals surface area contributed by atoms with Crippen LogP contribution < -0.4 is 10.6 Å². The Morgan fingerprint density at radius 3 is 0.892 bits per heavy atom. The van der Waals surface area contributed by atoms with Gasteiger partial charge < -0.3 is 5.32 Å². The Morgan fingerprint density at radius 2 is 0.662 bits per heavy atom. The lowest BCUT2D eigenvalue weighted by Crippen LogP contribution is -2.81. The summed E-state index contributed by atoms with van der Waals surface area (Å²) in [6.45, 7) is 38.0. The quantitative estimate of drug-likeness (QED) is 0.263. The zero-order chi connectivity index (χ0) is 54.9. The molecular formula is C56H106N14O4. The first-order valence-corrected chi connectivity index (χ1v) is 29.0. The summed E-state index contributed by atoms with van der Waals surface area (Å²) in [5.41, 5.74) is -3.44. The van der Waals surface area contributed by atoms with Crippen LogP contribution in [0.2, 0.25) is 0 Å². The summed E-state index contributed by atoms with van der Waals surface area (Å²) in [6, 6.07) is 0.408. The first-order chi connectivity index (χ1) is 34.1. The number of piperazine rings is 4. The van der Waals surface area contributed by atoms with Crippen molar-refractivity contribution < 1.29 is 19.2 Å². The number of amides is 4. The average molecular weight is 1040 g/mol. The third kappa shape index (κ3) is 11.5. The van der Waals surface area contributed by atoms with Crippen LogP contribution in [-0.2, 0) is 19.2 Å². The van der Waals surface area contributed by atoms with Crippen LogP contribution >= 0.6 is 0 Å². The van der Waals surface area contributed by atoms with Gasteiger partial charge in [-0.2, -0.15) is 15.0 Å². The molecule has 3 aliphatic carbocycles. The van der Waals surface area contributed by atoms with Gasteiger partial charge in [0.05, 0.1) is 61.8 Å². The monoisotopic (exact) mass is 1040 g/mol. The van der Waals surface area contributed by atoms with E-state index in [1.54, 1.807) is 0 Å². The highest BCUT2D eigenvalue weighted by Crippen LogP contribution is 2.41. The normalized spacial score (nSPS) is 30.0. The van der Waals surface area contributed by atoms with Crippen LogP contribution in [0.15, 0.2) is 0 Å². The fourth-order valence-electron chi connectivity index (χ4n) is 14.0. The molecule has 0 aromatic carbocycles. The van der Waals surface area contributed by atoms with Crippen LogP contribution in [0.1, 0.15) is 207 Å². The van der Waals surface area contributed by atoms with Crippen molar-refractivity contribution in [3.8, 4) is 0 Å². The van der Waals surface area contributed by atoms with Crippen molar-refractivity contribution in [2.45, 2.75) is 270 Å². The van der Waals surface area contributed by atoms with E-state index in [0.29, 0.717) is 46.2 Å². The molecular weight excluding hydrogens is 933 g/mol. The lowest BCUT2D eigenvalue weighted by molar-refractivity contribution is -0.364. The van der Waals surface area contributed by atoms with Crippen LogP contribution in [0.25, 0.3) is 0 Å². The molecule has 0 aromatic rings. The van der Waals surface area contributed by atoms with Crippen LogP contribution in [-0.4, -0.2) is 214 Å². The SMILES string of the molecule is CC1(C)CNC(=O)C(C)(C)N1.CN1C(C)(C)CN(N(C2CCCCC2)N2CN(N(C3CCCCC3)N3CC(C)(C)N(C)C(C)(C)C3=O)CN(N(C3CCCCC3)N3CC(C)(C)N(C)C(C)(C)C3=O)C2)C(=O)C1(C)C. The predicted molar refractivity (Wildman–Crippen MR) is 293 cm³/mol. The molecule has 5 heterocycles. The van der Waals surface area contributed by atoms with E-state index in [-0.39, 0.29) is 63.9 Å². The van der Waals surface area contributed by atoms with Crippen molar-refractivity contribution in [2.75, 3.05) is 67.3 Å². The maximum atomic E-state index is 15.2. The third-order valence-electron chi connectivity index (χ3n) is 19.3. The molecule has 0 aromatic heterocycles. The number of carbonyl (C=O) groups is 4. The molecule has 4 amide bonds. The standard InChI is InChI=1S/C48H90N12O3.C8H16N2O/c1-43(2)31-55(40(61)46(7,8)49(43)13)58(37-25-19-16-20-26-37)52-34-53(59(38-27-21-17-22-28-38)56-32-44(3,4)50(14)47(9,10)41(56)62)36-54(35-52)60(39-29-23-18-24-30-39)57-33-45(5,6)51(15)48(11,12)42(57)63;1-7(2)5-9-6(11)8(3,4)10-7/h37-39H,16-36H2,1-15H3;10H,5H2,1-4H3,(H,9,11). The van der Waals surface area contributed by atoms with Crippen LogP contribution in [0.4, 0.5) is 0 Å². The summed E-state index contributed by atoms with van der Waals surface area (Å²) in [4.78, 5) is 63.5. The number of hydrogen-bond acceptors (Lipinski definition) is 14. The Morgan fingerprint density at radius 1 is 0.405 bits per heavy atom. The molecule has 74 heavy (non-hydrogen) atoms. The Hall–Kier alpha value is -2.52. The van der Waals surface area contributed by atoms with E-state index < -0.39 is 22.2 Å². The van der Waals surface area contributed by atoms with E-state index in [2.05, 4.69) is 189 Å². The van der Waals surface area contributed by atoms with Crippen LogP contribution in [0.3, 0.4) is 0 Å². The minimum atomic E-state index is -0.723. The van der Waals surface area contributed by atoms with Gasteiger partial charge in [-0.05, 0) is 170 Å². The molecule has 0 unspecified atom stereocenters. The van der Waals surface area contributed by atoms with Crippen molar-refractivity contribution >= 4 is 23.6 Å². The molecule has 18 heteroatoms. The van der Waals surface area contributed by atoms with Gasteiger partial charge in [-0.3, -0.25) is 54.2 Å². The maximum Gasteiger partial charge on any atom is 0.257 e. The molecule has 8 rings (SSSR count). The summed E-state index contributed by atoms with van der Waals surface area (Å²) in [5, 5.41) is 27.1. The molecule has 5 saturated heterocycles. The predicted octanol–water partition coefficient (Wildman–Crippen LogP) is 6.43. The van der Waals surface area contributed by atoms with Gasteiger partial charge in [-0.1, -0.05) is 57.8 Å². The first kappa shape index (κ1) is 59.1. The Balaban J connectivity index is 0.000000645. The second-order valence-electron chi connectivity index (χ2n) is 28.5. The molecule has 2 N–H and O–H groups in total. The van der Waals surface area contributed by atoms with E-state index in [1.807, 2.05) is 13.8 Å². The van der Waals surface area contributed by atoms with Crippen molar-refractivity contribution in [3.63, 3.8) is 0 Å². The van der Waals surface area contributed by atoms with Crippen molar-refractivity contribution in [3.05, 3.63) is 0 Å². The fourth-order valence-corrected chi connectivity index (χ4v) is 14.0. The average Bonchev–Trinajstić information content (AvgIpc) is 3.32. The molecule has 0 radical (unpaired) electrons. The van der Waals surface area contributed by atoms with Gasteiger partial charge >= 0.3 is 0 Å². The van der Waals surface area contributed by atoms with Gasteiger partial charge in [0, 0.05) is 46.8 Å². The maximum absolute atomic E-state index is 15.2. The molecule has 18 nitrogen and oxygen atoms in total. The summed E-state index contributed by atoms with van der Waals surface area (Å²) in [6.07, 6.45) is 16.4. The zero-order valence-corrected chi connectivity index (χ0v) is 50.3. The molecule has 0 atom stereocenters. The van der Waals surface area contributed by atoms with Gasteiger partial charge in [0.2, 0.25) is 5.91 Å². The lowest BCUT2D eigenvalue weighted by atomic mass is 9.88. The number of rotatable bonds is 9. The number of likely N-dealkylation sites (N-methyl/N-ethyl adjacent to an activating group) is 3. The van der Waals surface area contributed by atoms with Gasteiger partial charge in [0.15, 0.2) is 0 Å². The molecule has 8 aliphatic rings. The molecule has 424 valence electrons. The summed E-state index contributed by atoms with van der Waals surface area (Å²) < 4.78 is 0. The highest BCUT2D eigenvalue weighted by molar-refractivity contribution is 5.88. The largest absolute Gasteiger partial charge is 0.353 e. The van der Waals surface area contributed by atoms with Crippen LogP contribution in [0, 0.1) is 0 Å². The molecule has 0 bridgehead atoms. The fraction of sp³-hybridized carbons (Fsp3) is 0.929. The van der Waals surface area contributed by atoms with Crippen molar-refractivity contribution in [2.24, 2.45) is 0 Å². The van der Waals surface area contributed by atoms with E-state index in [0.717, 1.165) is 77.0 Å². The highest BCUT2D eigenvalue weighted by atomic mass is 16.2. The summed E-state index contributed by atoms with van der Waals surface area (Å²) in [7, 11) is 6.29. The topological polar surface area (TPSA) is 131 Å². The smallest absolute Gasteiger partial charge is 0.257 e. The number of nitrogens with one attached hydrogen (secondary N) is 2. The summed E-state index contributed by atoms with van der Waals surface area (Å²) >= 11 is 0. The minimum absolute atomic E-state index is 0.0113. The van der Waals surface area contributed by atoms with E-state index >= 15 is 14.4 Å². The number of nitrogens with zero attached hydrogens (tertiary/aromatic N) is 12. The number of hydrogen-bond donors (Lipinski definition) is 2. The Labute approximate surface area is 448 Å². The van der Waals surface area contributed by atoms with Crippen LogP contribution in [0.5, 0.6) is 0 Å². The van der Waals surface area contributed by atoms with Gasteiger partial charge in [-0.15, -0.1) is 15.4 Å². The Bertz CT molecular complexity index is 1820. The van der Waals surface area contributed by atoms with E-state index in [9.17, 15) is 4.79 Å². The van der Waals surface area contributed by atoms with Gasteiger partial charge in [-0.25, -0.2) is 0 Å².